The molecule has 1 rings (SSSR count). The lowest BCUT2D eigenvalue weighted by molar-refractivity contribution is -0.141. The summed E-state index contributed by atoms with van der Waals surface area (Å²) in [5.41, 5.74) is 4.59. The van der Waals surface area contributed by atoms with Crippen LogP contribution in [0.3, 0.4) is 0 Å². The number of carbonyl (C=O) groups excluding carboxylic acids is 1. The van der Waals surface area contributed by atoms with Crippen molar-refractivity contribution >= 4 is 5.78 Å². The van der Waals surface area contributed by atoms with Gasteiger partial charge in [0.15, 0.2) is 11.5 Å². The third-order valence-electron chi connectivity index (χ3n) is 2.09. The summed E-state index contributed by atoms with van der Waals surface area (Å²) >= 11 is 0. The molecular formula is C9H12F3N3O. The number of nitrogens with zero attached hydrogens (tertiary/aromatic N) is 2. The zero-order valence-corrected chi connectivity index (χ0v) is 8.88. The average molecular weight is 235 g/mol. The first-order chi connectivity index (χ1) is 7.21. The molecule has 2 N–H and O–H groups in total. The van der Waals surface area contributed by atoms with Crippen LogP contribution in [0.15, 0.2) is 6.07 Å². The van der Waals surface area contributed by atoms with Crippen LogP contribution >= 0.6 is 0 Å². The third-order valence-corrected chi connectivity index (χ3v) is 2.09. The Morgan fingerprint density at radius 3 is 2.56 bits per heavy atom. The summed E-state index contributed by atoms with van der Waals surface area (Å²) in [7, 11) is 0. The van der Waals surface area contributed by atoms with Gasteiger partial charge in [-0.05, 0) is 19.9 Å². The van der Waals surface area contributed by atoms with Gasteiger partial charge in [-0.25, -0.2) is 0 Å². The van der Waals surface area contributed by atoms with Gasteiger partial charge in [0, 0.05) is 5.69 Å². The number of Topliss-reactive ketones (excluding diaryl/α,β-unsaturated/α-hetero) is 1. The summed E-state index contributed by atoms with van der Waals surface area (Å²) in [5.74, 6) is -0.361. The van der Waals surface area contributed by atoms with Gasteiger partial charge in [-0.15, -0.1) is 0 Å². The van der Waals surface area contributed by atoms with Gasteiger partial charge < -0.3 is 5.73 Å². The van der Waals surface area contributed by atoms with Crippen molar-refractivity contribution < 1.29 is 18.0 Å². The summed E-state index contributed by atoms with van der Waals surface area (Å²) in [6, 6.07) is 0.187. The Kier molecular flexibility index (Phi) is 3.37. The van der Waals surface area contributed by atoms with E-state index in [0.29, 0.717) is 0 Å². The first-order valence-electron chi connectivity index (χ1n) is 4.61. The predicted octanol–water partition coefficient (Wildman–Crippen LogP) is 1.13. The van der Waals surface area contributed by atoms with Crippen molar-refractivity contribution in [2.45, 2.75) is 32.6 Å². The molecule has 0 spiro atoms. The second-order valence-electron chi connectivity index (χ2n) is 3.58. The number of carbonyl (C=O) groups is 1. The topological polar surface area (TPSA) is 60.9 Å². The number of rotatable bonds is 3. The minimum atomic E-state index is -4.49. The van der Waals surface area contributed by atoms with Crippen molar-refractivity contribution in [2.24, 2.45) is 5.73 Å². The Hall–Kier alpha value is -1.37. The molecule has 1 atom stereocenters. The lowest BCUT2D eigenvalue weighted by Crippen LogP contribution is -2.30. The van der Waals surface area contributed by atoms with Crippen molar-refractivity contribution in [3.8, 4) is 0 Å². The van der Waals surface area contributed by atoms with Crippen LogP contribution in [0.4, 0.5) is 13.2 Å². The van der Waals surface area contributed by atoms with Crippen LogP contribution in [-0.4, -0.2) is 21.6 Å². The van der Waals surface area contributed by atoms with E-state index in [4.69, 9.17) is 5.73 Å². The summed E-state index contributed by atoms with van der Waals surface area (Å²) in [6.45, 7) is 2.70. The zero-order chi connectivity index (χ0) is 12.5. The van der Waals surface area contributed by atoms with Gasteiger partial charge in [-0.3, -0.25) is 9.48 Å². The SMILES string of the molecule is Cc1cc(C(F)(F)F)nn1CC(=O)C(C)N. The molecule has 0 aliphatic heterocycles. The molecule has 0 bridgehead atoms. The second-order valence-corrected chi connectivity index (χ2v) is 3.58. The number of aromatic nitrogens is 2. The predicted molar refractivity (Wildman–Crippen MR) is 50.6 cm³/mol. The molecule has 4 nitrogen and oxygen atoms in total. The van der Waals surface area contributed by atoms with Crippen molar-refractivity contribution in [3.63, 3.8) is 0 Å². The molecule has 0 saturated heterocycles. The number of hydrogen-bond acceptors (Lipinski definition) is 3. The summed E-state index contributed by atoms with van der Waals surface area (Å²) < 4.78 is 37.9. The lowest BCUT2D eigenvalue weighted by atomic mass is 10.2. The van der Waals surface area contributed by atoms with Crippen LogP contribution in [0.25, 0.3) is 0 Å². The molecule has 90 valence electrons. The van der Waals surface area contributed by atoms with Gasteiger partial charge in [0.1, 0.15) is 6.54 Å². The van der Waals surface area contributed by atoms with Crippen LogP contribution in [-0.2, 0) is 17.5 Å². The van der Waals surface area contributed by atoms with E-state index in [2.05, 4.69) is 5.10 Å². The van der Waals surface area contributed by atoms with Crippen molar-refractivity contribution in [1.82, 2.24) is 9.78 Å². The van der Waals surface area contributed by atoms with E-state index in [9.17, 15) is 18.0 Å². The minimum absolute atomic E-state index is 0.237. The molecule has 1 aromatic heterocycles. The summed E-state index contributed by atoms with van der Waals surface area (Å²) in [6.07, 6.45) is -4.49. The fourth-order valence-electron chi connectivity index (χ4n) is 1.10. The first-order valence-corrected chi connectivity index (χ1v) is 4.61. The van der Waals surface area contributed by atoms with Crippen molar-refractivity contribution in [3.05, 3.63) is 17.5 Å². The quantitative estimate of drug-likeness (QED) is 0.854. The summed E-state index contributed by atoms with van der Waals surface area (Å²) in [5, 5.41) is 3.32. The van der Waals surface area contributed by atoms with Crippen LogP contribution in [0.5, 0.6) is 0 Å². The number of hydrogen-bond donors (Lipinski definition) is 1. The minimum Gasteiger partial charge on any atom is -0.322 e. The Bertz CT molecular complexity index is 395. The number of halogens is 3. The van der Waals surface area contributed by atoms with Crippen LogP contribution in [0.2, 0.25) is 0 Å². The Morgan fingerprint density at radius 2 is 2.19 bits per heavy atom. The van der Waals surface area contributed by atoms with E-state index >= 15 is 0 Å². The Labute approximate surface area is 90.2 Å². The highest BCUT2D eigenvalue weighted by Crippen LogP contribution is 2.28. The smallest absolute Gasteiger partial charge is 0.322 e. The van der Waals surface area contributed by atoms with Crippen LogP contribution in [0, 0.1) is 6.92 Å². The average Bonchev–Trinajstić information content (AvgIpc) is 2.47. The van der Waals surface area contributed by atoms with Gasteiger partial charge in [0.2, 0.25) is 0 Å². The molecule has 0 saturated carbocycles. The zero-order valence-electron chi connectivity index (χ0n) is 8.88. The van der Waals surface area contributed by atoms with E-state index in [-0.39, 0.29) is 18.0 Å². The van der Waals surface area contributed by atoms with Gasteiger partial charge in [0.05, 0.1) is 6.04 Å². The highest BCUT2D eigenvalue weighted by molar-refractivity contribution is 5.83. The molecule has 0 aromatic carbocycles. The molecule has 0 amide bonds. The molecule has 1 unspecified atom stereocenters. The first kappa shape index (κ1) is 12.7. The van der Waals surface area contributed by atoms with Crippen LogP contribution < -0.4 is 5.73 Å². The monoisotopic (exact) mass is 235 g/mol. The molecule has 16 heavy (non-hydrogen) atoms. The molecule has 1 aromatic rings. The second kappa shape index (κ2) is 4.25. The van der Waals surface area contributed by atoms with Crippen molar-refractivity contribution in [1.29, 1.82) is 0 Å². The Morgan fingerprint density at radius 1 is 1.62 bits per heavy atom. The number of aryl methyl sites for hydroxylation is 1. The molecule has 0 radical (unpaired) electrons. The van der Waals surface area contributed by atoms with Crippen molar-refractivity contribution in [2.75, 3.05) is 0 Å². The summed E-state index contributed by atoms with van der Waals surface area (Å²) in [4.78, 5) is 11.3. The van der Waals surface area contributed by atoms with Gasteiger partial charge in [-0.1, -0.05) is 0 Å². The van der Waals surface area contributed by atoms with Gasteiger partial charge in [0.25, 0.3) is 0 Å². The molecule has 7 heteroatoms. The van der Waals surface area contributed by atoms with Gasteiger partial charge in [-0.2, -0.15) is 18.3 Å². The lowest BCUT2D eigenvalue weighted by Gasteiger charge is -2.06. The maximum Gasteiger partial charge on any atom is 0.435 e. The number of alkyl halides is 3. The van der Waals surface area contributed by atoms with E-state index in [0.717, 1.165) is 10.7 Å². The molecule has 1 heterocycles. The highest BCUT2D eigenvalue weighted by Gasteiger charge is 2.34. The van der Waals surface area contributed by atoms with E-state index in [1.54, 1.807) is 0 Å². The fourth-order valence-corrected chi connectivity index (χ4v) is 1.10. The normalized spacial score (nSPS) is 13.9. The molecule has 0 aliphatic carbocycles. The highest BCUT2D eigenvalue weighted by atomic mass is 19.4. The molecule has 0 aliphatic rings. The fraction of sp³-hybridized carbons (Fsp3) is 0.556. The molecular weight excluding hydrogens is 223 g/mol. The largest absolute Gasteiger partial charge is 0.435 e. The maximum atomic E-state index is 12.3. The third kappa shape index (κ3) is 2.82. The number of nitrogens with two attached hydrogens (primary N) is 1. The van der Waals surface area contributed by atoms with Gasteiger partial charge >= 0.3 is 6.18 Å². The number of ketones is 1. The van der Waals surface area contributed by atoms with E-state index in [1.165, 1.54) is 13.8 Å². The van der Waals surface area contributed by atoms with E-state index in [1.807, 2.05) is 0 Å². The standard InChI is InChI=1S/C9H12F3N3O/c1-5-3-8(9(10,11)12)14-15(5)4-7(16)6(2)13/h3,6H,4,13H2,1-2H3. The maximum absolute atomic E-state index is 12.3. The Balaban J connectivity index is 2.91. The van der Waals surface area contributed by atoms with Crippen LogP contribution in [0.1, 0.15) is 18.3 Å². The van der Waals surface area contributed by atoms with E-state index < -0.39 is 17.9 Å². The molecule has 0 fully saturated rings.